The Morgan fingerprint density at radius 3 is 2.47 bits per heavy atom. The summed E-state index contributed by atoms with van der Waals surface area (Å²) in [6, 6.07) is -1.05. The van der Waals surface area contributed by atoms with Crippen molar-refractivity contribution in [3.8, 4) is 0 Å². The monoisotopic (exact) mass is 306 g/mol. The van der Waals surface area contributed by atoms with Crippen molar-refractivity contribution >= 4 is 35.5 Å². The van der Waals surface area contributed by atoms with Gasteiger partial charge in [0.1, 0.15) is 6.04 Å². The molecule has 1 fully saturated rings. The van der Waals surface area contributed by atoms with Crippen molar-refractivity contribution in [2.24, 2.45) is 0 Å². The number of amides is 2. The second-order valence-corrected chi connectivity index (χ2v) is 7.65. The second kappa shape index (κ2) is 7.89. The van der Waals surface area contributed by atoms with Crippen molar-refractivity contribution in [2.75, 3.05) is 25.1 Å². The largest absolute Gasteiger partial charge is 0.480 e. The molecule has 0 bridgehead atoms. The van der Waals surface area contributed by atoms with Crippen LogP contribution in [0.5, 0.6) is 0 Å². The van der Waals surface area contributed by atoms with Crippen molar-refractivity contribution in [1.82, 2.24) is 10.2 Å². The SMILES string of the molecule is CSCCC(NC(=O)N1CC(C)SC(C)C1)C(=O)O. The maximum absolute atomic E-state index is 12.1. The normalized spacial score (nSPS) is 24.9. The Morgan fingerprint density at radius 2 is 2.00 bits per heavy atom. The molecule has 0 aromatic rings. The number of hydrogen-bond acceptors (Lipinski definition) is 4. The molecule has 5 nitrogen and oxygen atoms in total. The number of hydrogen-bond donors (Lipinski definition) is 2. The summed E-state index contributed by atoms with van der Waals surface area (Å²) in [5.74, 6) is -0.241. The van der Waals surface area contributed by atoms with Crippen molar-refractivity contribution in [3.05, 3.63) is 0 Å². The summed E-state index contributed by atoms with van der Waals surface area (Å²) in [6.45, 7) is 5.53. The molecule has 3 unspecified atom stereocenters. The lowest BCUT2D eigenvalue weighted by molar-refractivity contribution is -0.139. The molecule has 1 aliphatic heterocycles. The van der Waals surface area contributed by atoms with Crippen LogP contribution in [0.25, 0.3) is 0 Å². The first kappa shape index (κ1) is 16.5. The van der Waals surface area contributed by atoms with Gasteiger partial charge >= 0.3 is 12.0 Å². The van der Waals surface area contributed by atoms with E-state index in [1.165, 1.54) is 0 Å². The molecule has 0 aliphatic carbocycles. The van der Waals surface area contributed by atoms with Gasteiger partial charge in [-0.2, -0.15) is 23.5 Å². The van der Waals surface area contributed by atoms with E-state index in [-0.39, 0.29) is 6.03 Å². The molecule has 1 heterocycles. The van der Waals surface area contributed by atoms with Crippen LogP contribution in [0, 0.1) is 0 Å². The standard InChI is InChI=1S/C12H22N2O3S2/c1-8-6-14(7-9(2)19-8)12(17)13-10(11(15)16)4-5-18-3/h8-10H,4-7H2,1-3H3,(H,13,17)(H,15,16). The molecule has 3 atom stereocenters. The number of nitrogens with zero attached hydrogens (tertiary/aromatic N) is 1. The highest BCUT2D eigenvalue weighted by atomic mass is 32.2. The first-order valence-electron chi connectivity index (χ1n) is 6.36. The summed E-state index contributed by atoms with van der Waals surface area (Å²) in [6.07, 6.45) is 2.38. The average Bonchev–Trinajstić information content (AvgIpc) is 2.32. The molecule has 7 heteroatoms. The topological polar surface area (TPSA) is 69.6 Å². The zero-order valence-electron chi connectivity index (χ0n) is 11.6. The highest BCUT2D eigenvalue weighted by Gasteiger charge is 2.28. The zero-order chi connectivity index (χ0) is 14.4. The number of carboxylic acids is 1. The molecule has 2 amide bonds. The molecule has 2 N–H and O–H groups in total. The van der Waals surface area contributed by atoms with Gasteiger partial charge in [0, 0.05) is 23.6 Å². The third-order valence-electron chi connectivity index (χ3n) is 2.91. The number of nitrogens with one attached hydrogen (secondary N) is 1. The van der Waals surface area contributed by atoms with Crippen LogP contribution in [-0.4, -0.2) is 63.6 Å². The Balaban J connectivity index is 2.53. The van der Waals surface area contributed by atoms with Gasteiger partial charge in [0.15, 0.2) is 0 Å². The van der Waals surface area contributed by atoms with Crippen molar-refractivity contribution in [2.45, 2.75) is 36.8 Å². The number of thioether (sulfide) groups is 2. The van der Waals surface area contributed by atoms with Crippen LogP contribution in [-0.2, 0) is 4.79 Å². The Morgan fingerprint density at radius 1 is 1.42 bits per heavy atom. The van der Waals surface area contributed by atoms with E-state index in [4.69, 9.17) is 5.11 Å². The summed E-state index contributed by atoms with van der Waals surface area (Å²) in [7, 11) is 0. The summed E-state index contributed by atoms with van der Waals surface area (Å²) in [4.78, 5) is 24.9. The molecule has 0 saturated carbocycles. The summed E-state index contributed by atoms with van der Waals surface area (Å²) in [5, 5.41) is 12.5. The maximum Gasteiger partial charge on any atom is 0.326 e. The third-order valence-corrected chi connectivity index (χ3v) is 4.78. The van der Waals surface area contributed by atoms with Crippen LogP contribution in [0.2, 0.25) is 0 Å². The van der Waals surface area contributed by atoms with Crippen LogP contribution in [0.3, 0.4) is 0 Å². The van der Waals surface area contributed by atoms with Crippen LogP contribution >= 0.6 is 23.5 Å². The van der Waals surface area contributed by atoms with Crippen molar-refractivity contribution < 1.29 is 14.7 Å². The lowest BCUT2D eigenvalue weighted by Gasteiger charge is -2.35. The number of carbonyl (C=O) groups is 2. The van der Waals surface area contributed by atoms with Crippen molar-refractivity contribution in [3.63, 3.8) is 0 Å². The fourth-order valence-electron chi connectivity index (χ4n) is 2.08. The Labute approximate surface area is 122 Å². The van der Waals surface area contributed by atoms with Gasteiger partial charge in [-0.25, -0.2) is 9.59 Å². The van der Waals surface area contributed by atoms with Crippen LogP contribution in [0.1, 0.15) is 20.3 Å². The first-order valence-corrected chi connectivity index (χ1v) is 8.70. The predicted octanol–water partition coefficient (Wildman–Crippen LogP) is 1.73. The third kappa shape index (κ3) is 5.52. The van der Waals surface area contributed by atoms with Gasteiger partial charge < -0.3 is 15.3 Å². The smallest absolute Gasteiger partial charge is 0.326 e. The minimum atomic E-state index is -0.963. The van der Waals surface area contributed by atoms with Gasteiger partial charge in [-0.3, -0.25) is 0 Å². The lowest BCUT2D eigenvalue weighted by Crippen LogP contribution is -2.52. The molecular weight excluding hydrogens is 284 g/mol. The highest BCUT2D eigenvalue weighted by Crippen LogP contribution is 2.24. The van der Waals surface area contributed by atoms with E-state index in [9.17, 15) is 9.59 Å². The molecule has 0 spiro atoms. The average molecular weight is 306 g/mol. The Hall–Kier alpha value is -0.560. The highest BCUT2D eigenvalue weighted by molar-refractivity contribution is 8.00. The predicted molar refractivity (Wildman–Crippen MR) is 81.0 cm³/mol. The van der Waals surface area contributed by atoms with Crippen LogP contribution in [0.4, 0.5) is 4.79 Å². The molecule has 0 aromatic carbocycles. The Kier molecular flexibility index (Phi) is 6.85. The van der Waals surface area contributed by atoms with Crippen LogP contribution in [0.15, 0.2) is 0 Å². The van der Waals surface area contributed by atoms with E-state index in [2.05, 4.69) is 19.2 Å². The Bertz CT molecular complexity index is 318. The number of rotatable bonds is 5. The summed E-state index contributed by atoms with van der Waals surface area (Å²) >= 11 is 3.44. The van der Waals surface area contributed by atoms with E-state index < -0.39 is 12.0 Å². The van der Waals surface area contributed by atoms with Gasteiger partial charge in [0.25, 0.3) is 0 Å². The summed E-state index contributed by atoms with van der Waals surface area (Å²) < 4.78 is 0. The van der Waals surface area contributed by atoms with E-state index >= 15 is 0 Å². The molecule has 1 rings (SSSR count). The second-order valence-electron chi connectivity index (χ2n) is 4.78. The molecule has 0 radical (unpaired) electrons. The van der Waals surface area contributed by atoms with E-state index in [0.717, 1.165) is 5.75 Å². The van der Waals surface area contributed by atoms with Gasteiger partial charge in [-0.05, 0) is 18.4 Å². The number of carboxylic acid groups (broad SMARTS) is 1. The zero-order valence-corrected chi connectivity index (χ0v) is 13.2. The quantitative estimate of drug-likeness (QED) is 0.809. The van der Waals surface area contributed by atoms with E-state index in [1.54, 1.807) is 16.7 Å². The molecular formula is C12H22N2O3S2. The fourth-order valence-corrected chi connectivity index (χ4v) is 3.87. The number of urea groups is 1. The maximum atomic E-state index is 12.1. The molecule has 0 aromatic heterocycles. The molecule has 110 valence electrons. The number of carbonyl (C=O) groups excluding carboxylic acids is 1. The minimum Gasteiger partial charge on any atom is -0.480 e. The lowest BCUT2D eigenvalue weighted by atomic mass is 10.2. The van der Waals surface area contributed by atoms with Gasteiger partial charge in [0.2, 0.25) is 0 Å². The van der Waals surface area contributed by atoms with E-state index in [1.807, 2.05) is 18.0 Å². The fraction of sp³-hybridized carbons (Fsp3) is 0.833. The summed E-state index contributed by atoms with van der Waals surface area (Å²) in [5.41, 5.74) is 0. The van der Waals surface area contributed by atoms with Crippen LogP contribution < -0.4 is 5.32 Å². The number of aliphatic carboxylic acids is 1. The van der Waals surface area contributed by atoms with Gasteiger partial charge in [-0.1, -0.05) is 13.8 Å². The molecule has 19 heavy (non-hydrogen) atoms. The van der Waals surface area contributed by atoms with Gasteiger partial charge in [-0.15, -0.1) is 0 Å². The molecule has 1 aliphatic rings. The first-order chi connectivity index (χ1) is 8.93. The van der Waals surface area contributed by atoms with E-state index in [0.29, 0.717) is 30.0 Å². The minimum absolute atomic E-state index is 0.257. The van der Waals surface area contributed by atoms with Gasteiger partial charge in [0.05, 0.1) is 0 Å². The molecule has 1 saturated heterocycles. The van der Waals surface area contributed by atoms with Crippen molar-refractivity contribution in [1.29, 1.82) is 0 Å².